The van der Waals surface area contributed by atoms with Gasteiger partial charge in [0.05, 0.1) is 0 Å². The van der Waals surface area contributed by atoms with Crippen LogP contribution in [0.15, 0.2) is 48.5 Å². The maximum absolute atomic E-state index is 9.65. The zero-order valence-electron chi connectivity index (χ0n) is 19.0. The Hall–Kier alpha value is -4.96. The first kappa shape index (κ1) is 21.9. The smallest absolute Gasteiger partial charge is 0.190 e. The van der Waals surface area contributed by atoms with Crippen molar-refractivity contribution in [2.45, 2.75) is 32.7 Å². The number of tetrazole rings is 1. The second kappa shape index (κ2) is 9.49. The highest BCUT2D eigenvalue weighted by molar-refractivity contribution is 5.84. The second-order valence-corrected chi connectivity index (χ2v) is 8.03. The molecule has 0 radical (unpaired) electrons. The van der Waals surface area contributed by atoms with Crippen LogP contribution in [0.3, 0.4) is 0 Å². The number of imidazole rings is 1. The Bertz CT molecular complexity index is 1570. The number of aromatic nitrogens is 8. The van der Waals surface area contributed by atoms with E-state index in [-0.39, 0.29) is 11.4 Å². The number of rotatable bonds is 7. The third-order valence-electron chi connectivity index (χ3n) is 5.84. The lowest BCUT2D eigenvalue weighted by Gasteiger charge is -2.11. The molecule has 3 heterocycles. The molecule has 0 aliphatic carbocycles. The van der Waals surface area contributed by atoms with Gasteiger partial charge in [0.1, 0.15) is 29.0 Å². The molecule has 0 aliphatic heterocycles. The van der Waals surface area contributed by atoms with Gasteiger partial charge in [0, 0.05) is 18.5 Å². The quantitative estimate of drug-likeness (QED) is 0.386. The number of hydrogen-bond donors (Lipinski definition) is 1. The molecule has 3 aromatic heterocycles. The number of unbranched alkanes of at least 4 members (excludes halogenated alkanes) is 1. The number of aromatic amines is 1. The van der Waals surface area contributed by atoms with E-state index in [1.165, 1.54) is 0 Å². The molecule has 10 nitrogen and oxygen atoms in total. The highest BCUT2D eigenvalue weighted by atomic mass is 15.5. The predicted molar refractivity (Wildman–Crippen MR) is 128 cm³/mol. The van der Waals surface area contributed by atoms with E-state index in [9.17, 15) is 10.5 Å². The van der Waals surface area contributed by atoms with E-state index in [4.69, 9.17) is 4.98 Å². The molecule has 0 bridgehead atoms. The van der Waals surface area contributed by atoms with Gasteiger partial charge in [0.15, 0.2) is 17.2 Å². The minimum atomic E-state index is 0.129. The molecule has 0 amide bonds. The molecule has 0 aliphatic rings. The van der Waals surface area contributed by atoms with E-state index in [1.807, 2.05) is 47.0 Å². The van der Waals surface area contributed by atoms with Gasteiger partial charge in [0.25, 0.3) is 0 Å². The van der Waals surface area contributed by atoms with Crippen LogP contribution < -0.4 is 0 Å². The Morgan fingerprint density at radius 2 is 1.66 bits per heavy atom. The lowest BCUT2D eigenvalue weighted by atomic mass is 9.98. The number of fused-ring (bicyclic) bond motifs is 1. The number of nitriles is 2. The Morgan fingerprint density at radius 1 is 0.914 bits per heavy atom. The summed E-state index contributed by atoms with van der Waals surface area (Å²) in [4.78, 5) is 4.70. The van der Waals surface area contributed by atoms with Crippen LogP contribution in [-0.4, -0.2) is 40.4 Å². The monoisotopic (exact) mass is 460 g/mol. The lowest BCUT2D eigenvalue weighted by Crippen LogP contribution is -2.07. The molecule has 5 rings (SSSR count). The van der Waals surface area contributed by atoms with Crippen LogP contribution in [0, 0.1) is 22.7 Å². The number of nitrogens with zero attached hydrogens (tertiary/aromatic N) is 9. The third kappa shape index (κ3) is 4.09. The van der Waals surface area contributed by atoms with Crippen molar-refractivity contribution < 1.29 is 0 Å². The maximum atomic E-state index is 9.65. The van der Waals surface area contributed by atoms with E-state index >= 15 is 0 Å². The summed E-state index contributed by atoms with van der Waals surface area (Å²) in [5.74, 6) is 1.42. The molecule has 35 heavy (non-hydrogen) atoms. The van der Waals surface area contributed by atoms with Crippen molar-refractivity contribution in [1.29, 1.82) is 10.5 Å². The average molecular weight is 461 g/mol. The molecule has 0 saturated heterocycles. The molecule has 10 heteroatoms. The minimum absolute atomic E-state index is 0.129. The van der Waals surface area contributed by atoms with Gasteiger partial charge in [-0.05, 0) is 33.5 Å². The first-order valence-corrected chi connectivity index (χ1v) is 11.2. The van der Waals surface area contributed by atoms with Crippen molar-refractivity contribution in [3.05, 3.63) is 71.3 Å². The van der Waals surface area contributed by atoms with Crippen molar-refractivity contribution in [2.75, 3.05) is 0 Å². The molecule has 0 saturated carbocycles. The van der Waals surface area contributed by atoms with E-state index in [2.05, 4.69) is 55.9 Å². The summed E-state index contributed by atoms with van der Waals surface area (Å²) in [7, 11) is 0. The predicted octanol–water partition coefficient (Wildman–Crippen LogP) is 3.81. The normalized spacial score (nSPS) is 10.8. The zero-order chi connectivity index (χ0) is 24.2. The van der Waals surface area contributed by atoms with Crippen LogP contribution in [0.2, 0.25) is 0 Å². The van der Waals surface area contributed by atoms with Crippen LogP contribution in [0.5, 0.6) is 0 Å². The average Bonchev–Trinajstić information content (AvgIpc) is 3.56. The highest BCUT2D eigenvalue weighted by Crippen LogP contribution is 2.30. The summed E-state index contributed by atoms with van der Waals surface area (Å²) in [5, 5.41) is 41.2. The number of aryl methyl sites for hydroxylation is 1. The molecule has 1 N–H and O–H groups in total. The lowest BCUT2D eigenvalue weighted by molar-refractivity contribution is 0.689. The Labute approximate surface area is 200 Å². The molecule has 170 valence electrons. The first-order chi connectivity index (χ1) is 17.2. The van der Waals surface area contributed by atoms with Crippen molar-refractivity contribution in [3.63, 3.8) is 0 Å². The Morgan fingerprint density at radius 3 is 2.34 bits per heavy atom. The summed E-state index contributed by atoms with van der Waals surface area (Å²) < 4.78 is 1.99. The molecular formula is C25H20N10. The Kier molecular flexibility index (Phi) is 5.93. The largest absolute Gasteiger partial charge is 0.321 e. The van der Waals surface area contributed by atoms with Crippen LogP contribution in [0.4, 0.5) is 0 Å². The van der Waals surface area contributed by atoms with Crippen molar-refractivity contribution in [2.24, 2.45) is 0 Å². The number of H-pyrrole nitrogens is 1. The molecule has 2 aromatic carbocycles. The number of hydrogen-bond acceptors (Lipinski definition) is 8. The van der Waals surface area contributed by atoms with Crippen LogP contribution in [0.25, 0.3) is 33.5 Å². The molecule has 0 atom stereocenters. The van der Waals surface area contributed by atoms with E-state index < -0.39 is 0 Å². The van der Waals surface area contributed by atoms with Gasteiger partial charge in [-0.15, -0.1) is 15.3 Å². The molecule has 5 aromatic rings. The molecule has 0 fully saturated rings. The fraction of sp³-hybridized carbons (Fsp3) is 0.200. The third-order valence-corrected chi connectivity index (χ3v) is 5.84. The SMILES string of the molecule is CCCCc1nc2c(C#N)nnc(C#N)c2n1Cc1ccc(-c2ccccc2-c2nnn[nH]2)cc1. The van der Waals surface area contributed by atoms with Crippen LogP contribution in [0.1, 0.15) is 42.5 Å². The van der Waals surface area contributed by atoms with Gasteiger partial charge < -0.3 is 4.57 Å². The highest BCUT2D eigenvalue weighted by Gasteiger charge is 2.20. The van der Waals surface area contributed by atoms with Gasteiger partial charge in [-0.2, -0.15) is 10.5 Å². The fourth-order valence-corrected chi connectivity index (χ4v) is 4.13. The number of benzene rings is 2. The summed E-state index contributed by atoms with van der Waals surface area (Å²) in [6.45, 7) is 2.61. The van der Waals surface area contributed by atoms with E-state index in [0.29, 0.717) is 23.4 Å². The second-order valence-electron chi connectivity index (χ2n) is 8.03. The van der Waals surface area contributed by atoms with Gasteiger partial charge in [-0.25, -0.2) is 10.1 Å². The number of nitrogens with one attached hydrogen (secondary N) is 1. The fourth-order valence-electron chi connectivity index (χ4n) is 4.13. The summed E-state index contributed by atoms with van der Waals surface area (Å²) >= 11 is 0. The maximum Gasteiger partial charge on any atom is 0.190 e. The van der Waals surface area contributed by atoms with Gasteiger partial charge >= 0.3 is 0 Å². The topological polar surface area (TPSA) is 146 Å². The standard InChI is InChI=1S/C25H20N10/c1-2-3-8-22-28-23-20(13-26)29-30-21(14-27)24(23)35(22)15-16-9-11-17(12-10-16)18-6-4-5-7-19(18)25-31-33-34-32-25/h4-7,9-12H,2-3,8,15H2,1H3,(H,31,32,33,34). The van der Waals surface area contributed by atoms with Crippen molar-refractivity contribution >= 4 is 11.0 Å². The van der Waals surface area contributed by atoms with Crippen LogP contribution >= 0.6 is 0 Å². The van der Waals surface area contributed by atoms with Gasteiger partial charge in [-0.3, -0.25) is 0 Å². The zero-order valence-corrected chi connectivity index (χ0v) is 19.0. The first-order valence-electron chi connectivity index (χ1n) is 11.2. The molecule has 0 spiro atoms. The molecular weight excluding hydrogens is 440 g/mol. The van der Waals surface area contributed by atoms with Gasteiger partial charge in [-0.1, -0.05) is 61.9 Å². The van der Waals surface area contributed by atoms with E-state index in [0.717, 1.165) is 47.3 Å². The summed E-state index contributed by atoms with van der Waals surface area (Å²) in [6, 6.07) is 20.3. The van der Waals surface area contributed by atoms with Crippen molar-refractivity contribution in [3.8, 4) is 34.7 Å². The Balaban J connectivity index is 1.54. The van der Waals surface area contributed by atoms with Crippen LogP contribution in [-0.2, 0) is 13.0 Å². The summed E-state index contributed by atoms with van der Waals surface area (Å²) in [6.07, 6.45) is 2.68. The molecule has 0 unspecified atom stereocenters. The van der Waals surface area contributed by atoms with Crippen molar-refractivity contribution in [1.82, 2.24) is 40.4 Å². The minimum Gasteiger partial charge on any atom is -0.321 e. The van der Waals surface area contributed by atoms with Gasteiger partial charge in [0.2, 0.25) is 0 Å². The summed E-state index contributed by atoms with van der Waals surface area (Å²) in [5.41, 5.74) is 5.25. The van der Waals surface area contributed by atoms with E-state index in [1.54, 1.807) is 0 Å².